The molecule has 110 valence electrons. The average molecular weight is 273 g/mol. The molecule has 2 aliphatic rings. The summed E-state index contributed by atoms with van der Waals surface area (Å²) in [6.45, 7) is 2.88. The molecule has 0 radical (unpaired) electrons. The van der Waals surface area contributed by atoms with E-state index in [-0.39, 0.29) is 5.41 Å². The third-order valence-corrected chi connectivity index (χ3v) is 6.13. The SMILES string of the molecule is CCC1CCC(CN)(C2(O)CCc3ccccc32)CC1. The first-order valence-corrected chi connectivity index (χ1v) is 8.16. The van der Waals surface area contributed by atoms with Crippen molar-refractivity contribution in [3.63, 3.8) is 0 Å². The number of hydrogen-bond acceptors (Lipinski definition) is 2. The second kappa shape index (κ2) is 5.16. The van der Waals surface area contributed by atoms with Gasteiger partial charge in [-0.05, 0) is 55.6 Å². The molecule has 1 aromatic rings. The predicted molar refractivity (Wildman–Crippen MR) is 82.4 cm³/mol. The molecule has 2 heteroatoms. The summed E-state index contributed by atoms with van der Waals surface area (Å²) in [7, 11) is 0. The van der Waals surface area contributed by atoms with Gasteiger partial charge < -0.3 is 10.8 Å². The van der Waals surface area contributed by atoms with Gasteiger partial charge in [-0.3, -0.25) is 0 Å². The molecule has 3 rings (SSSR count). The van der Waals surface area contributed by atoms with E-state index in [1.54, 1.807) is 0 Å². The predicted octanol–water partition coefficient (Wildman–Crippen LogP) is 3.37. The molecule has 1 aromatic carbocycles. The minimum absolute atomic E-state index is 0.106. The van der Waals surface area contributed by atoms with Gasteiger partial charge in [0, 0.05) is 12.0 Å². The highest BCUT2D eigenvalue weighted by molar-refractivity contribution is 5.39. The van der Waals surface area contributed by atoms with E-state index in [4.69, 9.17) is 5.73 Å². The Bertz CT molecular complexity index is 476. The summed E-state index contributed by atoms with van der Waals surface area (Å²) in [6, 6.07) is 8.41. The first-order valence-electron chi connectivity index (χ1n) is 8.16. The number of fused-ring (bicyclic) bond motifs is 1. The molecule has 2 nitrogen and oxygen atoms in total. The largest absolute Gasteiger partial charge is 0.385 e. The average Bonchev–Trinajstić information content (AvgIpc) is 2.87. The van der Waals surface area contributed by atoms with Crippen molar-refractivity contribution in [2.45, 2.75) is 57.5 Å². The van der Waals surface area contributed by atoms with Crippen LogP contribution in [-0.4, -0.2) is 11.7 Å². The molecule has 0 spiro atoms. The standard InChI is InChI=1S/C18H27NO/c1-2-14-7-10-17(13-19,11-8-14)18(20)12-9-15-5-3-4-6-16(15)18/h3-6,14,20H,2,7-13,19H2,1H3. The maximum absolute atomic E-state index is 11.5. The minimum atomic E-state index is -0.697. The maximum atomic E-state index is 11.5. The van der Waals surface area contributed by atoms with Gasteiger partial charge in [0.05, 0.1) is 5.60 Å². The van der Waals surface area contributed by atoms with Crippen LogP contribution in [0.25, 0.3) is 0 Å². The van der Waals surface area contributed by atoms with Crippen molar-refractivity contribution in [2.24, 2.45) is 17.1 Å². The molecule has 3 N–H and O–H groups in total. The molecule has 0 amide bonds. The quantitative estimate of drug-likeness (QED) is 0.887. The van der Waals surface area contributed by atoms with E-state index in [0.717, 1.165) is 37.2 Å². The lowest BCUT2D eigenvalue weighted by Crippen LogP contribution is -2.51. The van der Waals surface area contributed by atoms with Crippen LogP contribution in [0.3, 0.4) is 0 Å². The van der Waals surface area contributed by atoms with Gasteiger partial charge in [-0.25, -0.2) is 0 Å². The number of hydrogen-bond donors (Lipinski definition) is 2. The molecule has 1 fully saturated rings. The molecule has 0 saturated heterocycles. The molecule has 0 bridgehead atoms. The Morgan fingerprint density at radius 3 is 2.55 bits per heavy atom. The Hall–Kier alpha value is -0.860. The van der Waals surface area contributed by atoms with Crippen LogP contribution in [-0.2, 0) is 12.0 Å². The molecule has 20 heavy (non-hydrogen) atoms. The first kappa shape index (κ1) is 14.1. The highest BCUT2D eigenvalue weighted by Crippen LogP contribution is 2.56. The summed E-state index contributed by atoms with van der Waals surface area (Å²) in [5.41, 5.74) is 7.86. The van der Waals surface area contributed by atoms with Gasteiger partial charge in [-0.2, -0.15) is 0 Å². The van der Waals surface area contributed by atoms with Gasteiger partial charge in [0.2, 0.25) is 0 Å². The van der Waals surface area contributed by atoms with Crippen molar-refractivity contribution in [3.05, 3.63) is 35.4 Å². The molecule has 1 atom stereocenters. The molecular formula is C18H27NO. The topological polar surface area (TPSA) is 46.2 Å². The van der Waals surface area contributed by atoms with Gasteiger partial charge >= 0.3 is 0 Å². The zero-order valence-corrected chi connectivity index (χ0v) is 12.6. The van der Waals surface area contributed by atoms with Gasteiger partial charge in [0.25, 0.3) is 0 Å². The summed E-state index contributed by atoms with van der Waals surface area (Å²) < 4.78 is 0. The minimum Gasteiger partial charge on any atom is -0.385 e. The number of aliphatic hydroxyl groups is 1. The Morgan fingerprint density at radius 1 is 1.20 bits per heavy atom. The van der Waals surface area contributed by atoms with Crippen LogP contribution < -0.4 is 5.73 Å². The summed E-state index contributed by atoms with van der Waals surface area (Å²) in [4.78, 5) is 0. The number of nitrogens with two attached hydrogens (primary N) is 1. The fraction of sp³-hybridized carbons (Fsp3) is 0.667. The summed E-state index contributed by atoms with van der Waals surface area (Å²) in [5.74, 6) is 0.829. The second-order valence-corrected chi connectivity index (χ2v) is 6.85. The van der Waals surface area contributed by atoms with Crippen LogP contribution in [0.4, 0.5) is 0 Å². The highest BCUT2D eigenvalue weighted by atomic mass is 16.3. The van der Waals surface area contributed by atoms with E-state index in [9.17, 15) is 5.11 Å². The molecule has 0 heterocycles. The summed E-state index contributed by atoms with van der Waals surface area (Å²) >= 11 is 0. The van der Waals surface area contributed by atoms with E-state index in [1.807, 2.05) is 0 Å². The second-order valence-electron chi connectivity index (χ2n) is 6.85. The maximum Gasteiger partial charge on any atom is 0.0970 e. The molecule has 0 aromatic heterocycles. The van der Waals surface area contributed by atoms with Crippen LogP contribution in [0.1, 0.15) is 56.6 Å². The van der Waals surface area contributed by atoms with Crippen LogP contribution in [0.5, 0.6) is 0 Å². The van der Waals surface area contributed by atoms with E-state index in [0.29, 0.717) is 6.54 Å². The van der Waals surface area contributed by atoms with Crippen molar-refractivity contribution in [1.82, 2.24) is 0 Å². The normalized spacial score (nSPS) is 36.9. The van der Waals surface area contributed by atoms with E-state index >= 15 is 0 Å². The van der Waals surface area contributed by atoms with Gasteiger partial charge in [-0.15, -0.1) is 0 Å². The fourth-order valence-corrected chi connectivity index (χ4v) is 4.57. The van der Waals surface area contributed by atoms with Crippen molar-refractivity contribution in [2.75, 3.05) is 6.54 Å². The van der Waals surface area contributed by atoms with Crippen molar-refractivity contribution < 1.29 is 5.11 Å². The Balaban J connectivity index is 1.94. The number of benzene rings is 1. The summed E-state index contributed by atoms with van der Waals surface area (Å²) in [6.07, 6.45) is 7.69. The van der Waals surface area contributed by atoms with E-state index in [1.165, 1.54) is 24.8 Å². The van der Waals surface area contributed by atoms with Crippen LogP contribution in [0.2, 0.25) is 0 Å². The van der Waals surface area contributed by atoms with E-state index in [2.05, 4.69) is 31.2 Å². The highest BCUT2D eigenvalue weighted by Gasteiger charge is 2.54. The fourth-order valence-electron chi connectivity index (χ4n) is 4.57. The van der Waals surface area contributed by atoms with Gasteiger partial charge in [-0.1, -0.05) is 37.6 Å². The Morgan fingerprint density at radius 2 is 1.90 bits per heavy atom. The van der Waals surface area contributed by atoms with E-state index < -0.39 is 5.60 Å². The molecule has 0 aliphatic heterocycles. The van der Waals surface area contributed by atoms with Gasteiger partial charge in [0.15, 0.2) is 0 Å². The lowest BCUT2D eigenvalue weighted by atomic mass is 9.59. The van der Waals surface area contributed by atoms with Crippen molar-refractivity contribution in [1.29, 1.82) is 0 Å². The molecular weight excluding hydrogens is 246 g/mol. The lowest BCUT2D eigenvalue weighted by molar-refractivity contribution is -0.110. The third-order valence-electron chi connectivity index (χ3n) is 6.13. The Kier molecular flexibility index (Phi) is 3.64. The monoisotopic (exact) mass is 273 g/mol. The third kappa shape index (κ3) is 1.93. The van der Waals surface area contributed by atoms with Gasteiger partial charge in [0.1, 0.15) is 0 Å². The van der Waals surface area contributed by atoms with Crippen molar-refractivity contribution >= 4 is 0 Å². The molecule has 2 aliphatic carbocycles. The number of aryl methyl sites for hydroxylation is 1. The number of rotatable bonds is 3. The van der Waals surface area contributed by atoms with Crippen LogP contribution in [0.15, 0.2) is 24.3 Å². The van der Waals surface area contributed by atoms with Crippen molar-refractivity contribution in [3.8, 4) is 0 Å². The van der Waals surface area contributed by atoms with Crippen LogP contribution >= 0.6 is 0 Å². The zero-order chi connectivity index (χ0) is 14.2. The molecule has 1 saturated carbocycles. The smallest absolute Gasteiger partial charge is 0.0970 e. The summed E-state index contributed by atoms with van der Waals surface area (Å²) in [5, 5.41) is 11.5. The van der Waals surface area contributed by atoms with Crippen LogP contribution in [0, 0.1) is 11.3 Å². The first-order chi connectivity index (χ1) is 9.65. The Labute approximate surface area is 122 Å². The zero-order valence-electron chi connectivity index (χ0n) is 12.6. The lowest BCUT2D eigenvalue weighted by Gasteiger charge is -2.49. The molecule has 1 unspecified atom stereocenters.